The second-order valence-corrected chi connectivity index (χ2v) is 3.93. The van der Waals surface area contributed by atoms with Crippen molar-refractivity contribution in [2.24, 2.45) is 0 Å². The highest BCUT2D eigenvalue weighted by molar-refractivity contribution is 8.22. The van der Waals surface area contributed by atoms with E-state index >= 15 is 0 Å². The van der Waals surface area contributed by atoms with Gasteiger partial charge in [-0.15, -0.1) is 0 Å². The van der Waals surface area contributed by atoms with Crippen LogP contribution in [0, 0.1) is 0 Å². The van der Waals surface area contributed by atoms with E-state index in [4.69, 9.17) is 0 Å². The Kier molecular flexibility index (Phi) is 2.21. The fraction of sp³-hybridized carbons (Fsp3) is 0. The summed E-state index contributed by atoms with van der Waals surface area (Å²) in [4.78, 5) is 1.30. The molecule has 0 unspecified atom stereocenters. The summed E-state index contributed by atoms with van der Waals surface area (Å²) in [6.07, 6.45) is 0. The van der Waals surface area contributed by atoms with Crippen LogP contribution in [0.3, 0.4) is 0 Å². The summed E-state index contributed by atoms with van der Waals surface area (Å²) >= 11 is 3.30. The fourth-order valence-corrected chi connectivity index (χ4v) is 2.48. The van der Waals surface area contributed by atoms with Crippen molar-refractivity contribution in [3.63, 3.8) is 0 Å². The van der Waals surface area contributed by atoms with Crippen molar-refractivity contribution >= 4 is 28.8 Å². The summed E-state index contributed by atoms with van der Waals surface area (Å²) in [7, 11) is 0. The zero-order valence-corrected chi connectivity index (χ0v) is 7.41. The van der Waals surface area contributed by atoms with E-state index in [0.717, 1.165) is 0 Å². The largest absolute Gasteiger partial charge is 0.200 e. The molecule has 0 amide bonds. The Morgan fingerprint density at radius 3 is 2.55 bits per heavy atom. The SMILES string of the molecule is C1=C(c2ccccc2)SNS1. The van der Waals surface area contributed by atoms with E-state index in [2.05, 4.69) is 33.8 Å². The minimum Gasteiger partial charge on any atom is -0.200 e. The molecule has 1 heterocycles. The van der Waals surface area contributed by atoms with Crippen LogP contribution < -0.4 is 4.13 Å². The third-order valence-corrected chi connectivity index (χ3v) is 3.22. The van der Waals surface area contributed by atoms with Crippen LogP contribution in [0.15, 0.2) is 35.7 Å². The number of hydrogen-bond donors (Lipinski definition) is 1. The minimum absolute atomic E-state index is 1.29. The summed E-state index contributed by atoms with van der Waals surface area (Å²) in [5, 5.41) is 2.12. The summed E-state index contributed by atoms with van der Waals surface area (Å²) in [6.45, 7) is 0. The summed E-state index contributed by atoms with van der Waals surface area (Å²) in [5.41, 5.74) is 1.29. The smallest absolute Gasteiger partial charge is 0.0385 e. The molecule has 0 saturated carbocycles. The maximum Gasteiger partial charge on any atom is 0.0385 e. The Hall–Kier alpha value is -0.380. The zero-order valence-electron chi connectivity index (χ0n) is 5.78. The zero-order chi connectivity index (χ0) is 7.52. The quantitative estimate of drug-likeness (QED) is 0.669. The predicted octanol–water partition coefficient (Wildman–Crippen LogP) is 2.88. The Bertz CT molecular complexity index is 269. The molecule has 2 rings (SSSR count). The molecule has 11 heavy (non-hydrogen) atoms. The highest BCUT2D eigenvalue weighted by atomic mass is 32.2. The number of nitrogens with one attached hydrogen (secondary N) is 1. The molecular formula is C8H7NS2. The summed E-state index contributed by atoms with van der Waals surface area (Å²) < 4.78 is 3.11. The van der Waals surface area contributed by atoms with Crippen molar-refractivity contribution in [2.75, 3.05) is 0 Å². The average molecular weight is 181 g/mol. The lowest BCUT2D eigenvalue weighted by Crippen LogP contribution is -1.79. The second-order valence-electron chi connectivity index (χ2n) is 2.15. The summed E-state index contributed by atoms with van der Waals surface area (Å²) in [5.74, 6) is 0. The predicted molar refractivity (Wildman–Crippen MR) is 52.7 cm³/mol. The van der Waals surface area contributed by atoms with Gasteiger partial charge in [0.25, 0.3) is 0 Å². The van der Waals surface area contributed by atoms with Crippen molar-refractivity contribution in [1.29, 1.82) is 0 Å². The van der Waals surface area contributed by atoms with E-state index in [1.54, 1.807) is 23.9 Å². The molecule has 0 aliphatic carbocycles. The molecule has 0 aromatic heterocycles. The molecule has 0 atom stereocenters. The maximum absolute atomic E-state index is 3.11. The molecule has 1 aromatic carbocycles. The number of benzene rings is 1. The monoisotopic (exact) mass is 181 g/mol. The molecule has 0 bridgehead atoms. The van der Waals surface area contributed by atoms with E-state index in [1.807, 2.05) is 6.07 Å². The van der Waals surface area contributed by atoms with Gasteiger partial charge in [0, 0.05) is 10.3 Å². The molecule has 0 radical (unpaired) electrons. The highest BCUT2D eigenvalue weighted by Gasteiger charge is 2.06. The normalized spacial score (nSPS) is 16.5. The molecule has 1 aromatic rings. The van der Waals surface area contributed by atoms with Gasteiger partial charge in [0.15, 0.2) is 0 Å². The van der Waals surface area contributed by atoms with Crippen LogP contribution in [0.1, 0.15) is 5.56 Å². The van der Waals surface area contributed by atoms with Gasteiger partial charge in [-0.3, -0.25) is 0 Å². The van der Waals surface area contributed by atoms with Gasteiger partial charge >= 0.3 is 0 Å². The fourth-order valence-electron chi connectivity index (χ4n) is 0.900. The lowest BCUT2D eigenvalue weighted by atomic mass is 10.2. The molecule has 3 heteroatoms. The Labute approximate surface area is 74.5 Å². The van der Waals surface area contributed by atoms with Crippen LogP contribution in [-0.4, -0.2) is 0 Å². The van der Waals surface area contributed by atoms with Crippen molar-refractivity contribution in [3.05, 3.63) is 41.3 Å². The lowest BCUT2D eigenvalue weighted by Gasteiger charge is -1.97. The molecule has 0 fully saturated rings. The maximum atomic E-state index is 3.11. The van der Waals surface area contributed by atoms with Crippen LogP contribution in [0.5, 0.6) is 0 Å². The van der Waals surface area contributed by atoms with E-state index in [9.17, 15) is 0 Å². The van der Waals surface area contributed by atoms with Gasteiger partial charge < -0.3 is 0 Å². The van der Waals surface area contributed by atoms with E-state index in [1.165, 1.54) is 10.5 Å². The molecule has 1 aliphatic rings. The second kappa shape index (κ2) is 3.34. The molecular weight excluding hydrogens is 174 g/mol. The Morgan fingerprint density at radius 2 is 1.91 bits per heavy atom. The standard InChI is InChI=1S/C8H7NS2/c1-2-4-7(5-3-1)8-6-10-9-11-8/h1-6,9H. The molecule has 0 saturated heterocycles. The first kappa shape index (κ1) is 7.28. The lowest BCUT2D eigenvalue weighted by molar-refractivity contribution is 1.66. The first-order chi connectivity index (χ1) is 5.47. The van der Waals surface area contributed by atoms with Crippen LogP contribution in [0.2, 0.25) is 0 Å². The first-order valence-corrected chi connectivity index (χ1v) is 4.99. The highest BCUT2D eigenvalue weighted by Crippen LogP contribution is 2.34. The van der Waals surface area contributed by atoms with Gasteiger partial charge in [-0.2, -0.15) is 4.13 Å². The van der Waals surface area contributed by atoms with Gasteiger partial charge in [-0.25, -0.2) is 0 Å². The van der Waals surface area contributed by atoms with Crippen LogP contribution in [-0.2, 0) is 0 Å². The summed E-state index contributed by atoms with van der Waals surface area (Å²) in [6, 6.07) is 10.4. The van der Waals surface area contributed by atoms with Gasteiger partial charge in [-0.05, 0) is 29.5 Å². The van der Waals surface area contributed by atoms with E-state index in [0.29, 0.717) is 0 Å². The van der Waals surface area contributed by atoms with E-state index < -0.39 is 0 Å². The van der Waals surface area contributed by atoms with Gasteiger partial charge in [0.05, 0.1) is 0 Å². The van der Waals surface area contributed by atoms with Gasteiger partial charge in [0.1, 0.15) is 0 Å². The van der Waals surface area contributed by atoms with E-state index in [-0.39, 0.29) is 0 Å². The minimum atomic E-state index is 1.29. The van der Waals surface area contributed by atoms with Crippen LogP contribution in [0.25, 0.3) is 4.91 Å². The van der Waals surface area contributed by atoms with Gasteiger partial charge in [0.2, 0.25) is 0 Å². The first-order valence-electron chi connectivity index (χ1n) is 3.30. The van der Waals surface area contributed by atoms with Crippen molar-refractivity contribution in [1.82, 2.24) is 4.13 Å². The third-order valence-electron chi connectivity index (χ3n) is 1.42. The van der Waals surface area contributed by atoms with Crippen molar-refractivity contribution in [2.45, 2.75) is 0 Å². The van der Waals surface area contributed by atoms with Crippen molar-refractivity contribution < 1.29 is 0 Å². The third kappa shape index (κ3) is 1.61. The Morgan fingerprint density at radius 1 is 1.09 bits per heavy atom. The molecule has 1 N–H and O–H groups in total. The Balaban J connectivity index is 2.29. The topological polar surface area (TPSA) is 12.0 Å². The molecule has 56 valence electrons. The molecule has 1 aliphatic heterocycles. The van der Waals surface area contributed by atoms with Crippen LogP contribution >= 0.6 is 23.9 Å². The van der Waals surface area contributed by atoms with Crippen molar-refractivity contribution in [3.8, 4) is 0 Å². The molecule has 1 nitrogen and oxygen atoms in total. The number of rotatable bonds is 1. The van der Waals surface area contributed by atoms with Crippen LogP contribution in [0.4, 0.5) is 0 Å². The average Bonchev–Trinajstić information content (AvgIpc) is 2.58. The molecule has 0 spiro atoms. The number of hydrogen-bond acceptors (Lipinski definition) is 3. The van der Waals surface area contributed by atoms with Gasteiger partial charge in [-0.1, -0.05) is 30.3 Å².